The Morgan fingerprint density at radius 3 is 2.55 bits per heavy atom. The monoisotopic (exact) mass is 504 g/mol. The normalized spacial score (nSPS) is 20.1. The van der Waals surface area contributed by atoms with Gasteiger partial charge in [-0.15, -0.1) is 0 Å². The molecule has 2 aliphatic carbocycles. The van der Waals surface area contributed by atoms with Gasteiger partial charge in [-0.25, -0.2) is 0 Å². The largest absolute Gasteiger partial charge is 0.511 e. The third-order valence-corrected chi connectivity index (χ3v) is 7.51. The number of hydrogen-bond donors (Lipinski definition) is 1. The van der Waals surface area contributed by atoms with Crippen molar-refractivity contribution in [1.29, 1.82) is 0 Å². The molecular formula is C32H28N2O4. The number of carbonyl (C=O) groups is 2. The summed E-state index contributed by atoms with van der Waals surface area (Å²) in [7, 11) is 0. The molecular weight excluding hydrogens is 476 g/mol. The molecule has 0 bridgehead atoms. The molecule has 1 heterocycles. The SMILES string of the molecule is O=C1CC(c2ccccc2)CC(=Nc2ccc3ccccc3c2)C1=C(O)CCc1noc2c1C(=O)CCC2. The summed E-state index contributed by atoms with van der Waals surface area (Å²) in [6.45, 7) is 0. The van der Waals surface area contributed by atoms with Gasteiger partial charge in [-0.3, -0.25) is 14.6 Å². The molecule has 0 radical (unpaired) electrons. The van der Waals surface area contributed by atoms with E-state index < -0.39 is 0 Å². The van der Waals surface area contributed by atoms with Crippen molar-refractivity contribution in [1.82, 2.24) is 5.16 Å². The Bertz CT molecular complexity index is 1600. The third kappa shape index (κ3) is 4.70. The first-order valence-corrected chi connectivity index (χ1v) is 13.1. The van der Waals surface area contributed by atoms with Crippen molar-refractivity contribution in [2.75, 3.05) is 0 Å². The lowest BCUT2D eigenvalue weighted by molar-refractivity contribution is -0.116. The van der Waals surface area contributed by atoms with Crippen molar-refractivity contribution >= 4 is 33.7 Å². The summed E-state index contributed by atoms with van der Waals surface area (Å²) in [5.41, 5.74) is 3.80. The van der Waals surface area contributed by atoms with Crippen molar-refractivity contribution in [3.05, 3.63) is 107 Å². The molecule has 6 nitrogen and oxygen atoms in total. The number of hydrogen-bond acceptors (Lipinski definition) is 6. The van der Waals surface area contributed by atoms with Crippen molar-refractivity contribution in [2.24, 2.45) is 4.99 Å². The van der Waals surface area contributed by atoms with Gasteiger partial charge in [0.05, 0.1) is 28.2 Å². The predicted octanol–water partition coefficient (Wildman–Crippen LogP) is 7.01. The number of allylic oxidation sites excluding steroid dienone is 2. The average Bonchev–Trinajstić information content (AvgIpc) is 3.36. The molecule has 6 rings (SSSR count). The average molecular weight is 505 g/mol. The molecule has 2 aliphatic rings. The fourth-order valence-electron chi connectivity index (χ4n) is 5.60. The van der Waals surface area contributed by atoms with Crippen LogP contribution in [0.4, 0.5) is 5.69 Å². The van der Waals surface area contributed by atoms with Gasteiger partial charge in [0.15, 0.2) is 11.6 Å². The van der Waals surface area contributed by atoms with Gasteiger partial charge in [0.1, 0.15) is 11.5 Å². The van der Waals surface area contributed by atoms with Crippen molar-refractivity contribution < 1.29 is 19.2 Å². The molecule has 1 saturated carbocycles. The maximum absolute atomic E-state index is 13.5. The Morgan fingerprint density at radius 2 is 1.71 bits per heavy atom. The van der Waals surface area contributed by atoms with E-state index in [9.17, 15) is 14.7 Å². The van der Waals surface area contributed by atoms with Crippen LogP contribution in [0.1, 0.15) is 65.4 Å². The van der Waals surface area contributed by atoms with E-state index in [1.807, 2.05) is 72.8 Å². The number of aromatic nitrogens is 1. The molecule has 1 unspecified atom stereocenters. The fraction of sp³-hybridized carbons (Fsp3) is 0.250. The lowest BCUT2D eigenvalue weighted by Crippen LogP contribution is -2.26. The Morgan fingerprint density at radius 1 is 0.921 bits per heavy atom. The Balaban J connectivity index is 1.35. The van der Waals surface area contributed by atoms with E-state index in [4.69, 9.17) is 9.52 Å². The fourth-order valence-corrected chi connectivity index (χ4v) is 5.60. The van der Waals surface area contributed by atoms with Crippen LogP contribution in [0.2, 0.25) is 0 Å². The standard InChI is InChI=1S/C32H28N2O4/c35-27-11-6-12-30-32(27)25(34-38-30)15-16-28(36)31-26(18-23(19-29(31)37)20-7-2-1-3-8-20)33-24-14-13-21-9-4-5-10-22(21)17-24/h1-5,7-10,13-14,17,23,36H,6,11-12,15-16,18-19H2. The maximum atomic E-state index is 13.5. The minimum Gasteiger partial charge on any atom is -0.511 e. The highest BCUT2D eigenvalue weighted by Crippen LogP contribution is 2.35. The zero-order valence-electron chi connectivity index (χ0n) is 21.0. The molecule has 1 atom stereocenters. The van der Waals surface area contributed by atoms with Gasteiger partial charge in [0, 0.05) is 32.1 Å². The number of ketones is 2. The molecule has 190 valence electrons. The number of aliphatic hydroxyl groups is 1. The predicted molar refractivity (Wildman–Crippen MR) is 146 cm³/mol. The zero-order chi connectivity index (χ0) is 26.1. The van der Waals surface area contributed by atoms with E-state index in [-0.39, 0.29) is 35.2 Å². The summed E-state index contributed by atoms with van der Waals surface area (Å²) in [6.07, 6.45) is 3.29. The second-order valence-corrected chi connectivity index (χ2v) is 10.1. The summed E-state index contributed by atoms with van der Waals surface area (Å²) in [6, 6.07) is 24.0. The second-order valence-electron chi connectivity index (χ2n) is 10.1. The smallest absolute Gasteiger partial charge is 0.168 e. The molecule has 4 aromatic rings. The lowest BCUT2D eigenvalue weighted by Gasteiger charge is -2.26. The zero-order valence-corrected chi connectivity index (χ0v) is 21.0. The summed E-state index contributed by atoms with van der Waals surface area (Å²) in [4.78, 5) is 30.8. The van der Waals surface area contributed by atoms with Gasteiger partial charge < -0.3 is 9.63 Å². The molecule has 38 heavy (non-hydrogen) atoms. The van der Waals surface area contributed by atoms with E-state index >= 15 is 0 Å². The van der Waals surface area contributed by atoms with Crippen LogP contribution in [0.3, 0.4) is 0 Å². The topological polar surface area (TPSA) is 92.8 Å². The van der Waals surface area contributed by atoms with Crippen molar-refractivity contribution in [3.63, 3.8) is 0 Å². The number of benzene rings is 3. The van der Waals surface area contributed by atoms with Crippen LogP contribution in [0, 0.1) is 0 Å². The van der Waals surface area contributed by atoms with Gasteiger partial charge in [0.25, 0.3) is 0 Å². The van der Waals surface area contributed by atoms with Crippen molar-refractivity contribution in [2.45, 2.75) is 50.9 Å². The molecule has 3 aromatic carbocycles. The molecule has 0 aliphatic heterocycles. The highest BCUT2D eigenvalue weighted by Gasteiger charge is 2.33. The number of Topliss-reactive ketones (excluding diaryl/α,β-unsaturated/α-hetero) is 2. The summed E-state index contributed by atoms with van der Waals surface area (Å²) >= 11 is 0. The van der Waals surface area contributed by atoms with Gasteiger partial charge in [-0.2, -0.15) is 0 Å². The minimum absolute atomic E-state index is 0.0129. The number of fused-ring (bicyclic) bond motifs is 2. The number of aryl methyl sites for hydroxylation is 2. The van der Waals surface area contributed by atoms with Gasteiger partial charge in [-0.05, 0) is 47.2 Å². The van der Waals surface area contributed by atoms with E-state index in [1.54, 1.807) is 0 Å². The Kier molecular flexibility index (Phi) is 6.46. The van der Waals surface area contributed by atoms with Crippen LogP contribution in [0.25, 0.3) is 10.8 Å². The Labute approximate surface area is 220 Å². The van der Waals surface area contributed by atoms with E-state index in [1.165, 1.54) is 0 Å². The second kappa shape index (κ2) is 10.2. The molecule has 1 fully saturated rings. The first-order valence-electron chi connectivity index (χ1n) is 13.1. The molecule has 6 heteroatoms. The van der Waals surface area contributed by atoms with Crippen LogP contribution in [0.15, 0.2) is 93.6 Å². The Hall–Kier alpha value is -4.32. The minimum atomic E-state index is -0.125. The highest BCUT2D eigenvalue weighted by molar-refractivity contribution is 6.25. The van der Waals surface area contributed by atoms with E-state index in [0.29, 0.717) is 54.8 Å². The highest BCUT2D eigenvalue weighted by atomic mass is 16.5. The molecule has 0 spiro atoms. The van der Waals surface area contributed by atoms with Gasteiger partial charge in [0.2, 0.25) is 0 Å². The van der Waals surface area contributed by atoms with E-state index in [2.05, 4.69) is 5.16 Å². The first kappa shape index (κ1) is 24.0. The maximum Gasteiger partial charge on any atom is 0.168 e. The number of carbonyl (C=O) groups excluding carboxylic acids is 2. The van der Waals surface area contributed by atoms with Crippen LogP contribution < -0.4 is 0 Å². The lowest BCUT2D eigenvalue weighted by atomic mass is 9.78. The summed E-state index contributed by atoms with van der Waals surface area (Å²) in [5, 5.41) is 17.5. The number of aliphatic hydroxyl groups excluding tert-OH is 1. The molecule has 1 N–H and O–H groups in total. The quantitative estimate of drug-likeness (QED) is 0.233. The number of aliphatic imine (C=N–C) groups is 1. The third-order valence-electron chi connectivity index (χ3n) is 7.51. The molecule has 0 saturated heterocycles. The van der Waals surface area contributed by atoms with Crippen LogP contribution in [0.5, 0.6) is 0 Å². The number of rotatable bonds is 5. The summed E-state index contributed by atoms with van der Waals surface area (Å²) in [5.74, 6) is 0.509. The summed E-state index contributed by atoms with van der Waals surface area (Å²) < 4.78 is 5.40. The molecule has 1 aromatic heterocycles. The van der Waals surface area contributed by atoms with Crippen LogP contribution >= 0.6 is 0 Å². The molecule has 0 amide bonds. The van der Waals surface area contributed by atoms with Gasteiger partial charge >= 0.3 is 0 Å². The van der Waals surface area contributed by atoms with Crippen molar-refractivity contribution in [3.8, 4) is 0 Å². The van der Waals surface area contributed by atoms with E-state index in [0.717, 1.165) is 28.4 Å². The van der Waals surface area contributed by atoms with Crippen LogP contribution in [-0.4, -0.2) is 27.5 Å². The van der Waals surface area contributed by atoms with Gasteiger partial charge in [-0.1, -0.05) is 65.8 Å². The first-order chi connectivity index (χ1) is 18.6. The number of nitrogens with zero attached hydrogens (tertiary/aromatic N) is 2. The van der Waals surface area contributed by atoms with Crippen LogP contribution in [-0.2, 0) is 17.6 Å².